The van der Waals surface area contributed by atoms with Gasteiger partial charge in [-0.3, -0.25) is 4.79 Å². The smallest absolute Gasteiger partial charge is 0.257 e. The largest absolute Gasteiger partial charge is 0.494 e. The van der Waals surface area contributed by atoms with Gasteiger partial charge in [-0.2, -0.15) is 0 Å². The summed E-state index contributed by atoms with van der Waals surface area (Å²) in [5.41, 5.74) is 3.37. The Balaban J connectivity index is 1.29. The second-order valence-corrected chi connectivity index (χ2v) is 8.80. The van der Waals surface area contributed by atoms with Crippen LogP contribution in [0.3, 0.4) is 0 Å². The van der Waals surface area contributed by atoms with Crippen LogP contribution in [0.25, 0.3) is 11.0 Å². The van der Waals surface area contributed by atoms with E-state index in [0.29, 0.717) is 31.2 Å². The molecule has 1 aromatic heterocycles. The molecule has 0 saturated carbocycles. The number of carbonyl (C=O) groups excluding carboxylic acids is 1. The second kappa shape index (κ2) is 12.1. The van der Waals surface area contributed by atoms with Gasteiger partial charge in [0.1, 0.15) is 17.3 Å². The molecule has 3 aromatic carbocycles. The lowest BCUT2D eigenvalue weighted by Crippen LogP contribution is -2.31. The van der Waals surface area contributed by atoms with E-state index in [1.807, 2.05) is 60.7 Å². The average Bonchev–Trinajstić information content (AvgIpc) is 3.23. The maximum absolute atomic E-state index is 12.2. The Morgan fingerprint density at radius 1 is 0.914 bits per heavy atom. The summed E-state index contributed by atoms with van der Waals surface area (Å²) >= 11 is 0. The standard InChI is InChI=1S/C29H33N3O3/c1-22(2)23-13-15-25(16-14-23)34-20-8-19-32-27-12-7-6-11-26(27)31-28(32)17-18-30-29(33)21-35-24-9-4-3-5-10-24/h3-7,9-16,22H,8,17-21H2,1-2H3,(H,30,33). The van der Waals surface area contributed by atoms with Gasteiger partial charge in [-0.15, -0.1) is 0 Å². The highest BCUT2D eigenvalue weighted by Gasteiger charge is 2.11. The van der Waals surface area contributed by atoms with Crippen LogP contribution in [0.1, 0.15) is 37.6 Å². The molecule has 0 radical (unpaired) electrons. The molecule has 6 nitrogen and oxygen atoms in total. The predicted octanol–water partition coefficient (Wildman–Crippen LogP) is 5.37. The molecular formula is C29H33N3O3. The van der Waals surface area contributed by atoms with E-state index >= 15 is 0 Å². The van der Waals surface area contributed by atoms with E-state index in [2.05, 4.69) is 41.9 Å². The van der Waals surface area contributed by atoms with Crippen molar-refractivity contribution in [1.82, 2.24) is 14.9 Å². The van der Waals surface area contributed by atoms with Crippen molar-refractivity contribution in [2.45, 2.75) is 39.2 Å². The van der Waals surface area contributed by atoms with Crippen LogP contribution in [0.2, 0.25) is 0 Å². The van der Waals surface area contributed by atoms with Crippen molar-refractivity contribution in [3.05, 3.63) is 90.3 Å². The zero-order valence-corrected chi connectivity index (χ0v) is 20.4. The Kier molecular flexibility index (Phi) is 8.39. The van der Waals surface area contributed by atoms with Gasteiger partial charge >= 0.3 is 0 Å². The fourth-order valence-corrected chi connectivity index (χ4v) is 3.96. The Bertz CT molecular complexity index is 1220. The van der Waals surface area contributed by atoms with E-state index in [9.17, 15) is 4.79 Å². The summed E-state index contributed by atoms with van der Waals surface area (Å²) in [7, 11) is 0. The number of amides is 1. The van der Waals surface area contributed by atoms with Gasteiger partial charge in [0.2, 0.25) is 0 Å². The van der Waals surface area contributed by atoms with Crippen LogP contribution in [0.5, 0.6) is 11.5 Å². The summed E-state index contributed by atoms with van der Waals surface area (Å²) < 4.78 is 13.7. The van der Waals surface area contributed by atoms with Crippen molar-refractivity contribution in [2.75, 3.05) is 19.8 Å². The van der Waals surface area contributed by atoms with Crippen molar-refractivity contribution in [2.24, 2.45) is 0 Å². The SMILES string of the molecule is CC(C)c1ccc(OCCCn2c(CCNC(=O)COc3ccccc3)nc3ccccc32)cc1. The first-order chi connectivity index (χ1) is 17.1. The van der Waals surface area contributed by atoms with E-state index < -0.39 is 0 Å². The van der Waals surface area contributed by atoms with Crippen LogP contribution >= 0.6 is 0 Å². The van der Waals surface area contributed by atoms with E-state index in [4.69, 9.17) is 14.5 Å². The quantitative estimate of drug-likeness (QED) is 0.282. The Labute approximate surface area is 206 Å². The number of hydrogen-bond donors (Lipinski definition) is 1. The normalized spacial score (nSPS) is 11.1. The number of aryl methyl sites for hydroxylation is 1. The summed E-state index contributed by atoms with van der Waals surface area (Å²) in [4.78, 5) is 17.0. The minimum Gasteiger partial charge on any atom is -0.494 e. The highest BCUT2D eigenvalue weighted by molar-refractivity contribution is 5.77. The number of fused-ring (bicyclic) bond motifs is 1. The molecule has 4 aromatic rings. The molecule has 1 amide bonds. The topological polar surface area (TPSA) is 65.4 Å². The number of aromatic nitrogens is 2. The maximum Gasteiger partial charge on any atom is 0.257 e. The third-order valence-corrected chi connectivity index (χ3v) is 5.86. The summed E-state index contributed by atoms with van der Waals surface area (Å²) in [5.74, 6) is 2.90. The zero-order chi connectivity index (χ0) is 24.5. The van der Waals surface area contributed by atoms with Crippen molar-refractivity contribution in [3.63, 3.8) is 0 Å². The summed E-state index contributed by atoms with van der Waals surface area (Å²) in [6, 6.07) is 25.8. The number of hydrogen-bond acceptors (Lipinski definition) is 4. The van der Waals surface area contributed by atoms with Gasteiger partial charge in [-0.05, 0) is 54.3 Å². The second-order valence-electron chi connectivity index (χ2n) is 8.80. The van der Waals surface area contributed by atoms with Crippen LogP contribution in [0.4, 0.5) is 0 Å². The number of para-hydroxylation sites is 3. The lowest BCUT2D eigenvalue weighted by Gasteiger charge is -2.12. The molecule has 0 spiro atoms. The van der Waals surface area contributed by atoms with Crippen LogP contribution < -0.4 is 14.8 Å². The number of benzene rings is 3. The molecular weight excluding hydrogens is 438 g/mol. The molecule has 4 rings (SSSR count). The minimum atomic E-state index is -0.145. The average molecular weight is 472 g/mol. The lowest BCUT2D eigenvalue weighted by molar-refractivity contribution is -0.123. The number of nitrogens with zero attached hydrogens (tertiary/aromatic N) is 2. The maximum atomic E-state index is 12.2. The number of carbonyl (C=O) groups is 1. The summed E-state index contributed by atoms with van der Waals surface area (Å²) in [5, 5.41) is 2.93. The van der Waals surface area contributed by atoms with Crippen molar-refractivity contribution in [1.29, 1.82) is 0 Å². The van der Waals surface area contributed by atoms with Crippen LogP contribution in [-0.4, -0.2) is 35.2 Å². The summed E-state index contributed by atoms with van der Waals surface area (Å²) in [6.45, 7) is 6.29. The predicted molar refractivity (Wildman–Crippen MR) is 139 cm³/mol. The van der Waals surface area contributed by atoms with Gasteiger partial charge in [0, 0.05) is 19.5 Å². The third-order valence-electron chi connectivity index (χ3n) is 5.86. The molecule has 0 aliphatic carbocycles. The van der Waals surface area contributed by atoms with Gasteiger partial charge in [0.25, 0.3) is 5.91 Å². The Morgan fingerprint density at radius 3 is 2.40 bits per heavy atom. The van der Waals surface area contributed by atoms with Gasteiger partial charge < -0.3 is 19.4 Å². The van der Waals surface area contributed by atoms with Gasteiger partial charge in [0.05, 0.1) is 17.6 Å². The molecule has 0 saturated heterocycles. The molecule has 182 valence electrons. The minimum absolute atomic E-state index is 0.00405. The first kappa shape index (κ1) is 24.3. The molecule has 1 heterocycles. The molecule has 0 unspecified atom stereocenters. The highest BCUT2D eigenvalue weighted by atomic mass is 16.5. The van der Waals surface area contributed by atoms with Crippen molar-refractivity contribution in [3.8, 4) is 11.5 Å². The molecule has 6 heteroatoms. The molecule has 35 heavy (non-hydrogen) atoms. The molecule has 0 fully saturated rings. The van der Waals surface area contributed by atoms with Gasteiger partial charge in [0.15, 0.2) is 6.61 Å². The number of imidazole rings is 1. The van der Waals surface area contributed by atoms with Crippen LogP contribution in [0, 0.1) is 0 Å². The third kappa shape index (κ3) is 6.85. The Morgan fingerprint density at radius 2 is 1.63 bits per heavy atom. The van der Waals surface area contributed by atoms with Crippen molar-refractivity contribution < 1.29 is 14.3 Å². The number of nitrogens with one attached hydrogen (secondary N) is 1. The highest BCUT2D eigenvalue weighted by Crippen LogP contribution is 2.20. The van der Waals surface area contributed by atoms with E-state index in [1.165, 1.54) is 5.56 Å². The fourth-order valence-electron chi connectivity index (χ4n) is 3.96. The monoisotopic (exact) mass is 471 g/mol. The van der Waals surface area contributed by atoms with E-state index in [-0.39, 0.29) is 12.5 Å². The van der Waals surface area contributed by atoms with Gasteiger partial charge in [-0.25, -0.2) is 4.98 Å². The first-order valence-electron chi connectivity index (χ1n) is 12.2. The number of rotatable bonds is 12. The van der Waals surface area contributed by atoms with Gasteiger partial charge in [-0.1, -0.05) is 56.3 Å². The zero-order valence-electron chi connectivity index (χ0n) is 20.4. The van der Waals surface area contributed by atoms with E-state index in [1.54, 1.807) is 0 Å². The fraction of sp³-hybridized carbons (Fsp3) is 0.310. The molecule has 0 aliphatic heterocycles. The first-order valence-corrected chi connectivity index (χ1v) is 12.2. The Hall–Kier alpha value is -3.80. The summed E-state index contributed by atoms with van der Waals surface area (Å²) in [6.07, 6.45) is 1.50. The van der Waals surface area contributed by atoms with Crippen LogP contribution in [-0.2, 0) is 17.8 Å². The lowest BCUT2D eigenvalue weighted by atomic mass is 10.0. The molecule has 0 atom stereocenters. The van der Waals surface area contributed by atoms with Crippen LogP contribution in [0.15, 0.2) is 78.9 Å². The molecule has 0 aliphatic rings. The van der Waals surface area contributed by atoms with Crippen molar-refractivity contribution >= 4 is 16.9 Å². The number of ether oxygens (including phenoxy) is 2. The molecule has 1 N–H and O–H groups in total. The molecule has 0 bridgehead atoms. The van der Waals surface area contributed by atoms with E-state index in [0.717, 1.165) is 35.6 Å².